The van der Waals surface area contributed by atoms with Crippen molar-refractivity contribution in [1.29, 1.82) is 0 Å². The predicted octanol–water partition coefficient (Wildman–Crippen LogP) is 4.47. The number of benzene rings is 1. The van der Waals surface area contributed by atoms with Gasteiger partial charge in [0.15, 0.2) is 0 Å². The normalized spacial score (nSPS) is 22.9. The van der Waals surface area contributed by atoms with Crippen molar-refractivity contribution in [3.63, 3.8) is 0 Å². The van der Waals surface area contributed by atoms with Crippen LogP contribution in [-0.4, -0.2) is 35.8 Å². The number of nitrogens with zero attached hydrogens (tertiary/aromatic N) is 1. The zero-order valence-electron chi connectivity index (χ0n) is 16.7. The van der Waals surface area contributed by atoms with Crippen LogP contribution in [0.25, 0.3) is 0 Å². The number of piperidine rings is 1. The number of rotatable bonds is 4. The molecule has 1 N–H and O–H groups in total. The zero-order valence-corrected chi connectivity index (χ0v) is 17.5. The Labute approximate surface area is 176 Å². The van der Waals surface area contributed by atoms with Crippen LogP contribution < -0.4 is 5.32 Å². The monoisotopic (exact) mass is 408 g/mol. The number of hydrogen-bond acceptors (Lipinski definition) is 3. The summed E-state index contributed by atoms with van der Waals surface area (Å²) in [5.41, 5.74) is 3.70. The van der Waals surface area contributed by atoms with E-state index in [0.717, 1.165) is 50.8 Å². The Bertz CT molecular complexity index is 895. The highest BCUT2D eigenvalue weighted by Crippen LogP contribution is 2.52. The van der Waals surface area contributed by atoms with Gasteiger partial charge in [-0.25, -0.2) is 0 Å². The van der Waals surface area contributed by atoms with Gasteiger partial charge in [0.1, 0.15) is 0 Å². The van der Waals surface area contributed by atoms with Crippen molar-refractivity contribution in [3.8, 4) is 0 Å². The molecule has 3 aliphatic rings. The minimum absolute atomic E-state index is 0.115. The van der Waals surface area contributed by atoms with E-state index in [9.17, 15) is 9.59 Å². The van der Waals surface area contributed by atoms with Crippen LogP contribution in [0.4, 0.5) is 0 Å². The summed E-state index contributed by atoms with van der Waals surface area (Å²) in [7, 11) is 0. The van der Waals surface area contributed by atoms with Crippen LogP contribution in [-0.2, 0) is 10.2 Å². The first-order valence-corrected chi connectivity index (χ1v) is 11.8. The maximum Gasteiger partial charge on any atom is 0.254 e. The minimum Gasteiger partial charge on any atom is -0.353 e. The number of thiophene rings is 1. The molecule has 1 saturated carbocycles. The molecule has 2 aromatic rings. The van der Waals surface area contributed by atoms with E-state index in [0.29, 0.717) is 18.4 Å². The zero-order chi connectivity index (χ0) is 19.8. The van der Waals surface area contributed by atoms with Crippen LogP contribution in [0.3, 0.4) is 0 Å². The second kappa shape index (κ2) is 7.60. The molecule has 5 heteroatoms. The van der Waals surface area contributed by atoms with Crippen LogP contribution in [0.5, 0.6) is 0 Å². The van der Waals surface area contributed by atoms with Crippen LogP contribution >= 0.6 is 11.3 Å². The number of hydrogen-bond donors (Lipinski definition) is 1. The van der Waals surface area contributed by atoms with Gasteiger partial charge in [-0.3, -0.25) is 9.59 Å². The second-order valence-corrected chi connectivity index (χ2v) is 9.75. The third-order valence-electron chi connectivity index (χ3n) is 7.29. The number of likely N-dealkylation sites (tertiary alicyclic amines) is 1. The fourth-order valence-electron chi connectivity index (χ4n) is 5.45. The molecule has 1 aromatic carbocycles. The molecule has 1 saturated heterocycles. The summed E-state index contributed by atoms with van der Waals surface area (Å²) in [6, 6.07) is 11.0. The van der Waals surface area contributed by atoms with Crippen molar-refractivity contribution in [1.82, 2.24) is 10.2 Å². The smallest absolute Gasteiger partial charge is 0.254 e. The largest absolute Gasteiger partial charge is 0.353 e. The molecule has 1 aliphatic heterocycles. The second-order valence-electron chi connectivity index (χ2n) is 8.97. The van der Waals surface area contributed by atoms with Gasteiger partial charge in [-0.2, -0.15) is 11.3 Å². The summed E-state index contributed by atoms with van der Waals surface area (Å²) in [4.78, 5) is 27.3. The van der Waals surface area contributed by atoms with Crippen molar-refractivity contribution in [3.05, 3.63) is 57.8 Å². The third-order valence-corrected chi connectivity index (χ3v) is 7.97. The molecule has 2 heterocycles. The van der Waals surface area contributed by atoms with Crippen LogP contribution in [0, 0.1) is 0 Å². The van der Waals surface area contributed by atoms with Gasteiger partial charge < -0.3 is 10.2 Å². The van der Waals surface area contributed by atoms with E-state index in [1.54, 1.807) is 11.3 Å². The van der Waals surface area contributed by atoms with Gasteiger partial charge in [0.2, 0.25) is 5.91 Å². The Morgan fingerprint density at radius 1 is 1.14 bits per heavy atom. The molecule has 2 amide bonds. The summed E-state index contributed by atoms with van der Waals surface area (Å²) in [5, 5.41) is 7.11. The highest BCUT2D eigenvalue weighted by Gasteiger charge is 2.46. The lowest BCUT2D eigenvalue weighted by Crippen LogP contribution is -2.44. The Kier molecular flexibility index (Phi) is 4.94. The third kappa shape index (κ3) is 3.50. The van der Waals surface area contributed by atoms with Crippen molar-refractivity contribution in [2.45, 2.75) is 62.3 Å². The summed E-state index contributed by atoms with van der Waals surface area (Å²) in [6.45, 7) is 1.59. The molecule has 4 nitrogen and oxygen atoms in total. The van der Waals surface area contributed by atoms with Gasteiger partial charge in [0, 0.05) is 30.9 Å². The number of fused-ring (bicyclic) bond motifs is 2. The molecular formula is C24H28N2O2S. The Morgan fingerprint density at radius 2 is 1.93 bits per heavy atom. The molecule has 5 rings (SSSR count). The van der Waals surface area contributed by atoms with Crippen molar-refractivity contribution in [2.24, 2.45) is 0 Å². The maximum absolute atomic E-state index is 12.7. The van der Waals surface area contributed by atoms with Crippen LogP contribution in [0.1, 0.15) is 72.3 Å². The first-order valence-electron chi connectivity index (χ1n) is 10.8. The van der Waals surface area contributed by atoms with Crippen molar-refractivity contribution in [2.75, 3.05) is 13.1 Å². The summed E-state index contributed by atoms with van der Waals surface area (Å²) < 4.78 is 0. The average Bonchev–Trinajstić information content (AvgIpc) is 3.34. The average molecular weight is 409 g/mol. The highest BCUT2D eigenvalue weighted by molar-refractivity contribution is 7.08. The molecule has 0 bridgehead atoms. The van der Waals surface area contributed by atoms with E-state index in [1.807, 2.05) is 21.7 Å². The fraction of sp³-hybridized carbons (Fsp3) is 0.500. The molecule has 1 unspecified atom stereocenters. The van der Waals surface area contributed by atoms with Crippen molar-refractivity contribution < 1.29 is 9.59 Å². The highest BCUT2D eigenvalue weighted by atomic mass is 32.1. The first kappa shape index (κ1) is 18.9. The standard InChI is InChI=1S/C24H28N2O2S/c27-22(25-19-4-3-5-19)14-18-15-24(21-7-2-1-6-20(18)21)9-11-26(12-10-24)23(28)17-8-13-29-16-17/h1-2,6-8,13,16,18-19H,3-5,9-12,14-15H2,(H,25,27). The van der Waals surface area contributed by atoms with E-state index in [-0.39, 0.29) is 17.2 Å². The van der Waals surface area contributed by atoms with Crippen LogP contribution in [0.2, 0.25) is 0 Å². The quantitative estimate of drug-likeness (QED) is 0.812. The Hall–Kier alpha value is -2.14. The van der Waals surface area contributed by atoms with Crippen molar-refractivity contribution >= 4 is 23.2 Å². The molecule has 2 fully saturated rings. The van der Waals surface area contributed by atoms with E-state index >= 15 is 0 Å². The predicted molar refractivity (Wildman–Crippen MR) is 115 cm³/mol. The lowest BCUT2D eigenvalue weighted by atomic mass is 9.73. The lowest BCUT2D eigenvalue weighted by Gasteiger charge is -2.40. The fourth-order valence-corrected chi connectivity index (χ4v) is 6.08. The van der Waals surface area contributed by atoms with E-state index in [1.165, 1.54) is 17.5 Å². The lowest BCUT2D eigenvalue weighted by molar-refractivity contribution is -0.122. The summed E-state index contributed by atoms with van der Waals surface area (Å²) in [6.07, 6.45) is 7.09. The molecule has 0 radical (unpaired) electrons. The number of carbonyl (C=O) groups excluding carboxylic acids is 2. The number of amides is 2. The Morgan fingerprint density at radius 3 is 2.62 bits per heavy atom. The first-order chi connectivity index (χ1) is 14.1. The SMILES string of the molecule is O=C(CC1CC2(CCN(C(=O)c3ccsc3)CC2)c2ccccc21)NC1CCC1. The van der Waals surface area contributed by atoms with Gasteiger partial charge in [0.05, 0.1) is 5.56 Å². The van der Waals surface area contributed by atoms with Crippen LogP contribution in [0.15, 0.2) is 41.1 Å². The molecule has 1 aromatic heterocycles. The molecule has 152 valence electrons. The topological polar surface area (TPSA) is 49.4 Å². The Balaban J connectivity index is 1.29. The van der Waals surface area contributed by atoms with Gasteiger partial charge >= 0.3 is 0 Å². The van der Waals surface area contributed by atoms with Gasteiger partial charge in [-0.1, -0.05) is 24.3 Å². The molecule has 1 spiro atoms. The molecular weight excluding hydrogens is 380 g/mol. The summed E-state index contributed by atoms with van der Waals surface area (Å²) >= 11 is 1.57. The van der Waals surface area contributed by atoms with E-state index in [2.05, 4.69) is 29.6 Å². The van der Waals surface area contributed by atoms with Gasteiger partial charge in [-0.05, 0) is 72.4 Å². The molecule has 2 aliphatic carbocycles. The van der Waals surface area contributed by atoms with Gasteiger partial charge in [-0.15, -0.1) is 0 Å². The van der Waals surface area contributed by atoms with E-state index < -0.39 is 0 Å². The molecule has 1 atom stereocenters. The number of carbonyl (C=O) groups is 2. The minimum atomic E-state index is 0.115. The van der Waals surface area contributed by atoms with E-state index in [4.69, 9.17) is 0 Å². The maximum atomic E-state index is 12.7. The molecule has 29 heavy (non-hydrogen) atoms. The summed E-state index contributed by atoms with van der Waals surface area (Å²) in [5.74, 6) is 0.658. The van der Waals surface area contributed by atoms with Gasteiger partial charge in [0.25, 0.3) is 5.91 Å². The number of nitrogens with one attached hydrogen (secondary N) is 1.